The molecule has 0 unspecified atom stereocenters. The quantitative estimate of drug-likeness (QED) is 0.407. The van der Waals surface area contributed by atoms with Crippen LogP contribution in [0.5, 0.6) is 0 Å². The molecule has 0 N–H and O–H groups in total. The van der Waals surface area contributed by atoms with Crippen LogP contribution >= 0.6 is 0 Å². The average molecular weight is 369 g/mol. The van der Waals surface area contributed by atoms with Crippen molar-refractivity contribution in [3.8, 4) is 0 Å². The molecular formula is C26H28N2. The fourth-order valence-electron chi connectivity index (χ4n) is 4.22. The molecule has 0 bridgehead atoms. The molecule has 142 valence electrons. The molecule has 2 heteroatoms. The lowest BCUT2D eigenvalue weighted by atomic mass is 9.77. The minimum absolute atomic E-state index is 0.0418. The summed E-state index contributed by atoms with van der Waals surface area (Å²) in [7, 11) is 0. The van der Waals surface area contributed by atoms with Crippen LogP contribution in [-0.4, -0.2) is 9.97 Å². The fourth-order valence-corrected chi connectivity index (χ4v) is 4.22. The van der Waals surface area contributed by atoms with Gasteiger partial charge in [0, 0.05) is 35.1 Å². The number of aromatic nitrogens is 2. The molecule has 0 amide bonds. The lowest BCUT2D eigenvalue weighted by molar-refractivity contribution is 0.521. The molecule has 4 aromatic rings. The molecule has 0 aliphatic carbocycles. The third-order valence-electron chi connectivity index (χ3n) is 5.70. The van der Waals surface area contributed by atoms with Gasteiger partial charge < -0.3 is 0 Å². The van der Waals surface area contributed by atoms with E-state index in [0.717, 1.165) is 6.42 Å². The normalized spacial score (nSPS) is 12.6. The van der Waals surface area contributed by atoms with Crippen LogP contribution in [-0.2, 0) is 17.3 Å². The molecule has 28 heavy (non-hydrogen) atoms. The van der Waals surface area contributed by atoms with Gasteiger partial charge in [0.2, 0.25) is 0 Å². The van der Waals surface area contributed by atoms with Gasteiger partial charge in [-0.15, -0.1) is 0 Å². The van der Waals surface area contributed by atoms with Gasteiger partial charge in [-0.25, -0.2) is 0 Å². The number of pyridine rings is 2. The van der Waals surface area contributed by atoms with Crippen molar-refractivity contribution in [2.75, 3.05) is 0 Å². The van der Waals surface area contributed by atoms with Crippen molar-refractivity contribution in [3.05, 3.63) is 83.9 Å². The molecule has 0 spiro atoms. The maximum Gasteiger partial charge on any atom is 0.0490 e. The smallest absolute Gasteiger partial charge is 0.0490 e. The van der Waals surface area contributed by atoms with Gasteiger partial charge in [-0.05, 0) is 45.2 Å². The zero-order valence-corrected chi connectivity index (χ0v) is 17.5. The molecule has 2 heterocycles. The van der Waals surface area contributed by atoms with Crippen molar-refractivity contribution in [3.63, 3.8) is 0 Å². The van der Waals surface area contributed by atoms with Crippen LogP contribution in [0.15, 0.2) is 67.1 Å². The van der Waals surface area contributed by atoms with Gasteiger partial charge in [-0.1, -0.05) is 77.1 Å². The predicted molar refractivity (Wildman–Crippen MR) is 119 cm³/mol. The average Bonchev–Trinajstić information content (AvgIpc) is 2.66. The molecule has 0 saturated carbocycles. The third-order valence-corrected chi connectivity index (χ3v) is 5.70. The molecule has 0 fully saturated rings. The van der Waals surface area contributed by atoms with Crippen molar-refractivity contribution in [1.82, 2.24) is 9.97 Å². The summed E-state index contributed by atoms with van der Waals surface area (Å²) in [6, 6.07) is 17.3. The fraction of sp³-hybridized carbons (Fsp3) is 0.308. The minimum atomic E-state index is -0.0418. The molecule has 0 aliphatic heterocycles. The van der Waals surface area contributed by atoms with Gasteiger partial charge in [-0.2, -0.15) is 0 Å². The van der Waals surface area contributed by atoms with E-state index in [4.69, 9.17) is 4.98 Å². The van der Waals surface area contributed by atoms with Crippen LogP contribution in [0, 0.1) is 0 Å². The van der Waals surface area contributed by atoms with Crippen LogP contribution < -0.4 is 0 Å². The Labute approximate surface area is 167 Å². The summed E-state index contributed by atoms with van der Waals surface area (Å²) >= 11 is 0. The third kappa shape index (κ3) is 3.28. The van der Waals surface area contributed by atoms with E-state index < -0.39 is 0 Å². The molecule has 0 saturated heterocycles. The highest BCUT2D eigenvalue weighted by molar-refractivity contribution is 5.89. The van der Waals surface area contributed by atoms with Crippen molar-refractivity contribution < 1.29 is 0 Å². The number of hydrogen-bond acceptors (Lipinski definition) is 2. The summed E-state index contributed by atoms with van der Waals surface area (Å²) < 4.78 is 0. The monoisotopic (exact) mass is 368 g/mol. The van der Waals surface area contributed by atoms with E-state index in [2.05, 4.69) is 94.3 Å². The van der Waals surface area contributed by atoms with Gasteiger partial charge >= 0.3 is 0 Å². The number of rotatable bonds is 3. The Hall–Kier alpha value is -2.74. The Morgan fingerprint density at radius 1 is 0.714 bits per heavy atom. The second kappa shape index (κ2) is 6.70. The van der Waals surface area contributed by atoms with Crippen molar-refractivity contribution in [1.29, 1.82) is 0 Å². The van der Waals surface area contributed by atoms with Gasteiger partial charge in [0.1, 0.15) is 0 Å². The lowest BCUT2D eigenvalue weighted by Gasteiger charge is -2.28. The molecule has 4 rings (SSSR count). The highest BCUT2D eigenvalue weighted by atomic mass is 14.7. The predicted octanol–water partition coefficient (Wildman–Crippen LogP) is 6.60. The van der Waals surface area contributed by atoms with Crippen molar-refractivity contribution >= 4 is 21.5 Å². The molecule has 2 nitrogen and oxygen atoms in total. The highest BCUT2D eigenvalue weighted by Crippen LogP contribution is 2.36. The van der Waals surface area contributed by atoms with E-state index in [9.17, 15) is 0 Å². The van der Waals surface area contributed by atoms with Gasteiger partial charge in [0.25, 0.3) is 0 Å². The molecule has 2 aromatic carbocycles. The summed E-state index contributed by atoms with van der Waals surface area (Å²) in [6.45, 7) is 11.4. The Bertz CT molecular complexity index is 1140. The molecule has 0 atom stereocenters. The highest BCUT2D eigenvalue weighted by Gasteiger charge is 2.26. The van der Waals surface area contributed by atoms with Gasteiger partial charge in [-0.3, -0.25) is 9.97 Å². The van der Waals surface area contributed by atoms with Crippen LogP contribution in [0.25, 0.3) is 21.5 Å². The molecule has 2 aromatic heterocycles. The summed E-state index contributed by atoms with van der Waals surface area (Å²) in [4.78, 5) is 9.23. The van der Waals surface area contributed by atoms with Crippen LogP contribution in [0.4, 0.5) is 0 Å². The number of nitrogens with zero attached hydrogens (tertiary/aromatic N) is 2. The van der Waals surface area contributed by atoms with Crippen LogP contribution in [0.3, 0.4) is 0 Å². The Balaban J connectivity index is 1.83. The van der Waals surface area contributed by atoms with Crippen molar-refractivity contribution in [2.24, 2.45) is 0 Å². The largest absolute Gasteiger partial charge is 0.264 e. The summed E-state index contributed by atoms with van der Waals surface area (Å²) in [6.07, 6.45) is 6.80. The minimum Gasteiger partial charge on any atom is -0.264 e. The van der Waals surface area contributed by atoms with Crippen LogP contribution in [0.2, 0.25) is 0 Å². The van der Waals surface area contributed by atoms with Gasteiger partial charge in [0.15, 0.2) is 0 Å². The number of fused-ring (bicyclic) bond motifs is 2. The Morgan fingerprint density at radius 3 is 2.21 bits per heavy atom. The first-order valence-corrected chi connectivity index (χ1v) is 9.98. The zero-order chi connectivity index (χ0) is 19.9. The van der Waals surface area contributed by atoms with E-state index in [1.807, 2.05) is 12.4 Å². The summed E-state index contributed by atoms with van der Waals surface area (Å²) in [5.74, 6) is 0. The van der Waals surface area contributed by atoms with E-state index in [1.165, 1.54) is 38.4 Å². The summed E-state index contributed by atoms with van der Waals surface area (Å²) in [5, 5.41) is 5.05. The van der Waals surface area contributed by atoms with E-state index in [1.54, 1.807) is 0 Å². The SMILES string of the molecule is CC(C)(C)c1cnc(CC(C)(C)c2cccc3cnccc23)c2ccccc12. The number of hydrogen-bond donors (Lipinski definition) is 0. The first-order valence-electron chi connectivity index (χ1n) is 9.98. The molecular weight excluding hydrogens is 340 g/mol. The van der Waals surface area contributed by atoms with Crippen LogP contribution in [0.1, 0.15) is 51.4 Å². The maximum absolute atomic E-state index is 4.95. The zero-order valence-electron chi connectivity index (χ0n) is 17.5. The second-order valence-electron chi connectivity index (χ2n) is 9.38. The Morgan fingerprint density at radius 2 is 1.46 bits per heavy atom. The first kappa shape index (κ1) is 18.6. The first-order chi connectivity index (χ1) is 13.3. The maximum atomic E-state index is 4.95. The van der Waals surface area contributed by atoms with E-state index in [-0.39, 0.29) is 10.8 Å². The van der Waals surface area contributed by atoms with E-state index in [0.29, 0.717) is 0 Å². The lowest BCUT2D eigenvalue weighted by Crippen LogP contribution is -2.22. The van der Waals surface area contributed by atoms with E-state index >= 15 is 0 Å². The van der Waals surface area contributed by atoms with Crippen molar-refractivity contribution in [2.45, 2.75) is 51.9 Å². The molecule has 0 aliphatic rings. The second-order valence-corrected chi connectivity index (χ2v) is 9.38. The Kier molecular flexibility index (Phi) is 4.45. The van der Waals surface area contributed by atoms with Gasteiger partial charge in [0.05, 0.1) is 0 Å². The summed E-state index contributed by atoms with van der Waals surface area (Å²) in [5.41, 5.74) is 3.85. The standard InChI is InChI=1S/C26H28N2/c1-25(2,3)23-17-28-24(21-11-7-6-10-20(21)23)15-26(4,5)22-12-8-9-18-16-27-14-13-19(18)22/h6-14,16-17H,15H2,1-5H3. The topological polar surface area (TPSA) is 25.8 Å². The molecule has 0 radical (unpaired) electrons. The number of benzene rings is 2.